The van der Waals surface area contributed by atoms with Gasteiger partial charge in [0.25, 0.3) is 0 Å². The van der Waals surface area contributed by atoms with Gasteiger partial charge in [0.1, 0.15) is 0 Å². The summed E-state index contributed by atoms with van der Waals surface area (Å²) in [6.07, 6.45) is 4.13. The Balaban J connectivity index is 1.90. The van der Waals surface area contributed by atoms with Gasteiger partial charge < -0.3 is 5.73 Å². The van der Waals surface area contributed by atoms with E-state index in [1.54, 1.807) is 0 Å². The molecule has 1 aliphatic rings. The van der Waals surface area contributed by atoms with Crippen LogP contribution in [0.4, 0.5) is 0 Å². The lowest BCUT2D eigenvalue weighted by atomic mass is 9.85. The number of hydrogen-bond donors (Lipinski definition) is 1. The van der Waals surface area contributed by atoms with Crippen molar-refractivity contribution in [1.29, 1.82) is 0 Å². The fourth-order valence-electron chi connectivity index (χ4n) is 4.06. The third-order valence-corrected chi connectivity index (χ3v) is 5.28. The predicted octanol–water partition coefficient (Wildman–Crippen LogP) is 5.91. The Bertz CT molecular complexity index is 1140. The molecule has 1 aliphatic carbocycles. The molecule has 1 nitrogen and oxygen atoms in total. The minimum Gasteiger partial charge on any atom is -0.402 e. The number of allylic oxidation sites excluding steroid dienone is 1. The van der Waals surface area contributed by atoms with Crippen molar-refractivity contribution in [2.75, 3.05) is 0 Å². The second-order valence-corrected chi connectivity index (χ2v) is 6.78. The maximum absolute atomic E-state index is 6.17. The zero-order chi connectivity index (χ0) is 16.8. The Morgan fingerprint density at radius 1 is 0.600 bits per heavy atom. The molecule has 120 valence electrons. The lowest BCUT2D eigenvalue weighted by Crippen LogP contribution is -2.07. The van der Waals surface area contributed by atoms with Crippen LogP contribution in [-0.4, -0.2) is 0 Å². The van der Waals surface area contributed by atoms with Gasteiger partial charge >= 0.3 is 0 Å². The molecule has 0 radical (unpaired) electrons. The van der Waals surface area contributed by atoms with E-state index in [1.807, 2.05) is 0 Å². The molecule has 0 unspecified atom stereocenters. The molecule has 1 heteroatoms. The highest BCUT2D eigenvalue weighted by Gasteiger charge is 2.17. The minimum absolute atomic E-state index is 0.940. The summed E-state index contributed by atoms with van der Waals surface area (Å²) in [4.78, 5) is 0. The second kappa shape index (κ2) is 5.49. The van der Waals surface area contributed by atoms with Gasteiger partial charge in [-0.2, -0.15) is 0 Å². The van der Waals surface area contributed by atoms with Crippen LogP contribution < -0.4 is 5.73 Å². The first-order valence-corrected chi connectivity index (χ1v) is 8.80. The largest absolute Gasteiger partial charge is 0.402 e. The second-order valence-electron chi connectivity index (χ2n) is 6.78. The summed E-state index contributed by atoms with van der Waals surface area (Å²) in [6, 6.07) is 26.1. The third kappa shape index (κ3) is 2.24. The van der Waals surface area contributed by atoms with Crippen LogP contribution in [0.1, 0.15) is 17.5 Å². The molecule has 0 saturated heterocycles. The van der Waals surface area contributed by atoms with Crippen molar-refractivity contribution in [2.45, 2.75) is 12.8 Å². The molecule has 0 fully saturated rings. The van der Waals surface area contributed by atoms with Gasteiger partial charge in [0.2, 0.25) is 0 Å². The zero-order valence-electron chi connectivity index (χ0n) is 14.0. The summed E-state index contributed by atoms with van der Waals surface area (Å²) < 4.78 is 0. The van der Waals surface area contributed by atoms with Crippen LogP contribution in [0.3, 0.4) is 0 Å². The number of hydrogen-bond acceptors (Lipinski definition) is 1. The molecule has 0 aliphatic heterocycles. The van der Waals surface area contributed by atoms with Gasteiger partial charge in [-0.25, -0.2) is 0 Å². The summed E-state index contributed by atoms with van der Waals surface area (Å²) in [6.45, 7) is 0. The van der Waals surface area contributed by atoms with Crippen molar-refractivity contribution in [3.63, 3.8) is 0 Å². The molecule has 4 aromatic rings. The van der Waals surface area contributed by atoms with E-state index < -0.39 is 0 Å². The summed E-state index contributed by atoms with van der Waals surface area (Å²) in [5.74, 6) is 0. The molecule has 0 heterocycles. The van der Waals surface area contributed by atoms with Gasteiger partial charge in [0.15, 0.2) is 0 Å². The Morgan fingerprint density at radius 3 is 2.16 bits per heavy atom. The van der Waals surface area contributed by atoms with Crippen LogP contribution in [0.25, 0.3) is 38.7 Å². The molecule has 2 N–H and O–H groups in total. The topological polar surface area (TPSA) is 26.0 Å². The first kappa shape index (κ1) is 14.3. The van der Waals surface area contributed by atoms with E-state index in [0.717, 1.165) is 18.5 Å². The van der Waals surface area contributed by atoms with Crippen LogP contribution in [0.5, 0.6) is 0 Å². The van der Waals surface area contributed by atoms with Crippen LogP contribution in [-0.2, 0) is 6.42 Å². The number of rotatable bonds is 1. The highest BCUT2D eigenvalue weighted by Crippen LogP contribution is 2.38. The Hall–Kier alpha value is -3.06. The molecule has 0 bridgehead atoms. The smallest absolute Gasteiger partial charge is 0.00901 e. The van der Waals surface area contributed by atoms with Gasteiger partial charge in [-0.1, -0.05) is 66.7 Å². The number of aryl methyl sites for hydroxylation is 1. The normalized spacial score (nSPS) is 13.7. The van der Waals surface area contributed by atoms with E-state index in [0.29, 0.717) is 0 Å². The van der Waals surface area contributed by atoms with E-state index in [9.17, 15) is 0 Å². The molecular formula is C24H19N. The van der Waals surface area contributed by atoms with Crippen molar-refractivity contribution < 1.29 is 0 Å². The van der Waals surface area contributed by atoms with Crippen molar-refractivity contribution in [3.05, 3.63) is 89.6 Å². The highest BCUT2D eigenvalue weighted by atomic mass is 14.6. The molecule has 5 rings (SSSR count). The van der Waals surface area contributed by atoms with E-state index in [4.69, 9.17) is 5.73 Å². The van der Waals surface area contributed by atoms with Gasteiger partial charge in [0.05, 0.1) is 0 Å². The van der Waals surface area contributed by atoms with E-state index >= 15 is 0 Å². The standard InChI is InChI=1S/C24H19N/c25-18-11-13-22-23-14-17(16-6-2-1-3-7-16)10-12-21(23)19-8-4-5-9-20(19)24(22)15-18/h1-10,12,14-15H,11,13,25H2. The first-order valence-electron chi connectivity index (χ1n) is 8.80. The van der Waals surface area contributed by atoms with Gasteiger partial charge in [-0.15, -0.1) is 0 Å². The highest BCUT2D eigenvalue weighted by molar-refractivity contribution is 6.13. The monoisotopic (exact) mass is 321 g/mol. The number of nitrogens with two attached hydrogens (primary N) is 1. The fraction of sp³-hybridized carbons (Fsp3) is 0.0833. The quantitative estimate of drug-likeness (QED) is 0.434. The predicted molar refractivity (Wildman–Crippen MR) is 107 cm³/mol. The lowest BCUT2D eigenvalue weighted by molar-refractivity contribution is 0.924. The minimum atomic E-state index is 0.940. The van der Waals surface area contributed by atoms with E-state index in [1.165, 1.54) is 43.8 Å². The fourth-order valence-corrected chi connectivity index (χ4v) is 4.06. The molecule has 0 aromatic heterocycles. The summed E-state index contributed by atoms with van der Waals surface area (Å²) in [7, 11) is 0. The van der Waals surface area contributed by atoms with Crippen LogP contribution in [0, 0.1) is 0 Å². The Morgan fingerprint density at radius 2 is 1.32 bits per heavy atom. The molecule has 0 saturated carbocycles. The van der Waals surface area contributed by atoms with E-state index in [-0.39, 0.29) is 0 Å². The maximum atomic E-state index is 6.17. The van der Waals surface area contributed by atoms with Crippen molar-refractivity contribution in [3.8, 4) is 11.1 Å². The van der Waals surface area contributed by atoms with Gasteiger partial charge in [0, 0.05) is 5.70 Å². The summed E-state index contributed by atoms with van der Waals surface area (Å²) in [5, 5.41) is 5.31. The van der Waals surface area contributed by atoms with E-state index in [2.05, 4.69) is 78.9 Å². The SMILES string of the molecule is NC1=Cc2c(c3cc(-c4ccccc4)ccc3c3ccccc23)CC1. The van der Waals surface area contributed by atoms with Crippen molar-refractivity contribution >= 4 is 27.6 Å². The van der Waals surface area contributed by atoms with Crippen LogP contribution in [0.15, 0.2) is 78.5 Å². The molecule has 0 amide bonds. The Kier molecular flexibility index (Phi) is 3.14. The average Bonchev–Trinajstić information content (AvgIpc) is 2.68. The molecule has 4 aromatic carbocycles. The first-order chi connectivity index (χ1) is 12.3. The Labute approximate surface area is 147 Å². The average molecular weight is 321 g/mol. The molecule has 25 heavy (non-hydrogen) atoms. The summed E-state index contributed by atoms with van der Waals surface area (Å²) >= 11 is 0. The lowest BCUT2D eigenvalue weighted by Gasteiger charge is -2.20. The van der Waals surface area contributed by atoms with Crippen molar-refractivity contribution in [1.82, 2.24) is 0 Å². The van der Waals surface area contributed by atoms with Gasteiger partial charge in [-0.3, -0.25) is 0 Å². The maximum Gasteiger partial charge on any atom is 0.00901 e. The van der Waals surface area contributed by atoms with Crippen LogP contribution in [0.2, 0.25) is 0 Å². The molecule has 0 spiro atoms. The number of benzene rings is 4. The zero-order valence-corrected chi connectivity index (χ0v) is 14.0. The van der Waals surface area contributed by atoms with Gasteiger partial charge in [-0.05, 0) is 68.8 Å². The molecule has 0 atom stereocenters. The van der Waals surface area contributed by atoms with Crippen LogP contribution >= 0.6 is 0 Å². The van der Waals surface area contributed by atoms with Crippen molar-refractivity contribution in [2.24, 2.45) is 5.73 Å². The number of fused-ring (bicyclic) bond motifs is 6. The third-order valence-electron chi connectivity index (χ3n) is 5.28. The molecular weight excluding hydrogens is 302 g/mol. The summed E-state index contributed by atoms with van der Waals surface area (Å²) in [5.41, 5.74) is 12.4.